The Balaban J connectivity index is 1.46. The van der Waals surface area contributed by atoms with E-state index in [0.29, 0.717) is 31.3 Å². The molecule has 3 aromatic carbocycles. The standard InChI is InChI=1S/C26H27NO4/c1-20-8-12-23(13-9-20)30-17-16-27-26(28)15-11-21-10-14-24(25(18-21)29-2)31-19-22-6-4-3-5-7-22/h3-15,18H,16-17,19H2,1-2H3,(H,27,28)/b15-11+. The van der Waals surface area contributed by atoms with Crippen molar-refractivity contribution in [2.45, 2.75) is 13.5 Å². The maximum atomic E-state index is 12.0. The molecule has 3 aromatic rings. The van der Waals surface area contributed by atoms with Gasteiger partial charge in [-0.15, -0.1) is 0 Å². The zero-order chi connectivity index (χ0) is 21.9. The lowest BCUT2D eigenvalue weighted by Gasteiger charge is -2.11. The highest BCUT2D eigenvalue weighted by Crippen LogP contribution is 2.29. The Morgan fingerprint density at radius 2 is 1.71 bits per heavy atom. The van der Waals surface area contributed by atoms with Gasteiger partial charge in [0.05, 0.1) is 13.7 Å². The van der Waals surface area contributed by atoms with Gasteiger partial charge in [-0.3, -0.25) is 4.79 Å². The van der Waals surface area contributed by atoms with Gasteiger partial charge in [0.15, 0.2) is 11.5 Å². The van der Waals surface area contributed by atoms with Crippen molar-refractivity contribution in [3.8, 4) is 17.2 Å². The Hall–Kier alpha value is -3.73. The number of hydrogen-bond donors (Lipinski definition) is 1. The first kappa shape index (κ1) is 22.0. The number of ether oxygens (including phenoxy) is 3. The molecule has 0 aromatic heterocycles. The zero-order valence-electron chi connectivity index (χ0n) is 17.8. The van der Waals surface area contributed by atoms with E-state index in [-0.39, 0.29) is 5.91 Å². The van der Waals surface area contributed by atoms with Crippen LogP contribution in [0.3, 0.4) is 0 Å². The maximum Gasteiger partial charge on any atom is 0.244 e. The summed E-state index contributed by atoms with van der Waals surface area (Å²) in [6.07, 6.45) is 3.23. The average molecular weight is 418 g/mol. The minimum atomic E-state index is -0.184. The van der Waals surface area contributed by atoms with Crippen LogP contribution in [0.4, 0.5) is 0 Å². The molecule has 5 heteroatoms. The fourth-order valence-electron chi connectivity index (χ4n) is 2.85. The average Bonchev–Trinajstić information content (AvgIpc) is 2.81. The molecule has 160 valence electrons. The van der Waals surface area contributed by atoms with Crippen LogP contribution in [0.15, 0.2) is 78.9 Å². The first-order valence-corrected chi connectivity index (χ1v) is 10.1. The molecule has 1 amide bonds. The van der Waals surface area contributed by atoms with Crippen molar-refractivity contribution < 1.29 is 19.0 Å². The van der Waals surface area contributed by atoms with Crippen molar-refractivity contribution in [2.75, 3.05) is 20.3 Å². The van der Waals surface area contributed by atoms with E-state index in [0.717, 1.165) is 16.9 Å². The van der Waals surface area contributed by atoms with E-state index in [1.54, 1.807) is 13.2 Å². The van der Waals surface area contributed by atoms with Crippen LogP contribution >= 0.6 is 0 Å². The second-order valence-electron chi connectivity index (χ2n) is 6.97. The van der Waals surface area contributed by atoms with E-state index >= 15 is 0 Å². The molecule has 0 fully saturated rings. The molecule has 0 unspecified atom stereocenters. The molecule has 5 nitrogen and oxygen atoms in total. The second kappa shape index (κ2) is 11.5. The number of benzene rings is 3. The molecule has 0 aliphatic heterocycles. The third kappa shape index (κ3) is 7.23. The summed E-state index contributed by atoms with van der Waals surface area (Å²) in [5, 5.41) is 2.81. The largest absolute Gasteiger partial charge is 0.493 e. The number of aryl methyl sites for hydroxylation is 1. The van der Waals surface area contributed by atoms with Gasteiger partial charge in [-0.05, 0) is 48.4 Å². The highest BCUT2D eigenvalue weighted by Gasteiger charge is 2.06. The van der Waals surface area contributed by atoms with Crippen molar-refractivity contribution in [1.82, 2.24) is 5.32 Å². The molecule has 31 heavy (non-hydrogen) atoms. The predicted molar refractivity (Wildman–Crippen MR) is 122 cm³/mol. The Kier molecular flexibility index (Phi) is 8.12. The number of hydrogen-bond acceptors (Lipinski definition) is 4. The van der Waals surface area contributed by atoms with Crippen molar-refractivity contribution in [3.63, 3.8) is 0 Å². The van der Waals surface area contributed by atoms with Crippen molar-refractivity contribution in [1.29, 1.82) is 0 Å². The van der Waals surface area contributed by atoms with Gasteiger partial charge in [-0.2, -0.15) is 0 Å². The van der Waals surface area contributed by atoms with Gasteiger partial charge in [0.2, 0.25) is 5.91 Å². The molecule has 0 aliphatic rings. The molecule has 1 N–H and O–H groups in total. The van der Waals surface area contributed by atoms with Crippen LogP contribution in [0.5, 0.6) is 17.2 Å². The summed E-state index contributed by atoms with van der Waals surface area (Å²) in [6.45, 7) is 3.31. The monoisotopic (exact) mass is 417 g/mol. The predicted octanol–water partition coefficient (Wildman–Crippen LogP) is 4.79. The first-order chi connectivity index (χ1) is 15.1. The van der Waals surface area contributed by atoms with E-state index in [1.165, 1.54) is 11.6 Å². The molecule has 0 spiro atoms. The molecule has 0 radical (unpaired) electrons. The molecule has 3 rings (SSSR count). The lowest BCUT2D eigenvalue weighted by Crippen LogP contribution is -2.26. The number of rotatable bonds is 10. The summed E-state index contributed by atoms with van der Waals surface area (Å²) in [5.41, 5.74) is 3.10. The van der Waals surface area contributed by atoms with E-state index in [4.69, 9.17) is 14.2 Å². The normalized spacial score (nSPS) is 10.6. The lowest BCUT2D eigenvalue weighted by atomic mass is 10.2. The summed E-state index contributed by atoms with van der Waals surface area (Å²) >= 11 is 0. The van der Waals surface area contributed by atoms with Crippen LogP contribution < -0.4 is 19.5 Å². The van der Waals surface area contributed by atoms with Gasteiger partial charge >= 0.3 is 0 Å². The second-order valence-corrected chi connectivity index (χ2v) is 6.97. The number of amides is 1. The molecule has 0 aliphatic carbocycles. The SMILES string of the molecule is COc1cc(/C=C/C(=O)NCCOc2ccc(C)cc2)ccc1OCc1ccccc1. The molecular weight excluding hydrogens is 390 g/mol. The molecule has 0 heterocycles. The summed E-state index contributed by atoms with van der Waals surface area (Å²) in [6, 6.07) is 23.3. The molecule has 0 bridgehead atoms. The van der Waals surface area contributed by atoms with E-state index in [2.05, 4.69) is 5.32 Å². The third-order valence-electron chi connectivity index (χ3n) is 4.54. The smallest absolute Gasteiger partial charge is 0.244 e. The summed E-state index contributed by atoms with van der Waals surface area (Å²) in [7, 11) is 1.60. The first-order valence-electron chi connectivity index (χ1n) is 10.1. The topological polar surface area (TPSA) is 56.8 Å². The Bertz CT molecular complexity index is 998. The number of carbonyl (C=O) groups excluding carboxylic acids is 1. The summed E-state index contributed by atoms with van der Waals surface area (Å²) in [5.74, 6) is 1.87. The van der Waals surface area contributed by atoms with Gasteiger partial charge in [-0.25, -0.2) is 0 Å². The van der Waals surface area contributed by atoms with Gasteiger partial charge in [0, 0.05) is 6.08 Å². The fourth-order valence-corrected chi connectivity index (χ4v) is 2.85. The number of methoxy groups -OCH3 is 1. The van der Waals surface area contributed by atoms with Crippen molar-refractivity contribution in [3.05, 3.63) is 95.6 Å². The van der Waals surface area contributed by atoms with Crippen molar-refractivity contribution in [2.24, 2.45) is 0 Å². The van der Waals surface area contributed by atoms with Crippen LogP contribution in [0.2, 0.25) is 0 Å². The molecule has 0 saturated carbocycles. The molecule has 0 saturated heterocycles. The van der Waals surface area contributed by atoms with E-state index in [1.807, 2.05) is 79.7 Å². The van der Waals surface area contributed by atoms with Crippen LogP contribution in [-0.2, 0) is 11.4 Å². The minimum Gasteiger partial charge on any atom is -0.493 e. The maximum absolute atomic E-state index is 12.0. The fraction of sp³-hybridized carbons (Fsp3) is 0.192. The van der Waals surface area contributed by atoms with Crippen LogP contribution in [0, 0.1) is 6.92 Å². The third-order valence-corrected chi connectivity index (χ3v) is 4.54. The van der Waals surface area contributed by atoms with Crippen LogP contribution in [0.25, 0.3) is 6.08 Å². The van der Waals surface area contributed by atoms with Gasteiger partial charge in [0.25, 0.3) is 0 Å². The Labute approximate surface area is 183 Å². The van der Waals surface area contributed by atoms with Crippen molar-refractivity contribution >= 4 is 12.0 Å². The molecular formula is C26H27NO4. The van der Waals surface area contributed by atoms with Crippen LogP contribution in [-0.4, -0.2) is 26.2 Å². The summed E-state index contributed by atoms with van der Waals surface area (Å²) < 4.78 is 16.9. The Morgan fingerprint density at radius 1 is 0.935 bits per heavy atom. The van der Waals surface area contributed by atoms with Crippen LogP contribution in [0.1, 0.15) is 16.7 Å². The van der Waals surface area contributed by atoms with E-state index < -0.39 is 0 Å². The lowest BCUT2D eigenvalue weighted by molar-refractivity contribution is -0.116. The van der Waals surface area contributed by atoms with E-state index in [9.17, 15) is 4.79 Å². The minimum absolute atomic E-state index is 0.184. The van der Waals surface area contributed by atoms with Gasteiger partial charge in [-0.1, -0.05) is 54.1 Å². The Morgan fingerprint density at radius 3 is 2.45 bits per heavy atom. The van der Waals surface area contributed by atoms with Gasteiger partial charge < -0.3 is 19.5 Å². The number of nitrogens with one attached hydrogen (secondary N) is 1. The quantitative estimate of drug-likeness (QED) is 0.381. The summed E-state index contributed by atoms with van der Waals surface area (Å²) in [4.78, 5) is 12.0. The highest BCUT2D eigenvalue weighted by atomic mass is 16.5. The molecule has 0 atom stereocenters. The highest BCUT2D eigenvalue weighted by molar-refractivity contribution is 5.91. The number of carbonyl (C=O) groups is 1. The van der Waals surface area contributed by atoms with Gasteiger partial charge in [0.1, 0.15) is 19.0 Å². The zero-order valence-corrected chi connectivity index (χ0v) is 17.8.